The molecule has 158 valence electrons. The molecule has 7 heteroatoms. The van der Waals surface area contributed by atoms with Crippen LogP contribution in [-0.4, -0.2) is 45.9 Å². The molecular formula is C22H31N3O3S. The van der Waals surface area contributed by atoms with Crippen LogP contribution in [0.15, 0.2) is 29.1 Å². The lowest BCUT2D eigenvalue weighted by Crippen LogP contribution is -2.46. The van der Waals surface area contributed by atoms with Crippen molar-refractivity contribution in [1.29, 1.82) is 0 Å². The minimum Gasteiger partial charge on any atom is -0.494 e. The molecule has 0 spiro atoms. The standard InChI is InChI=1S/C22H31N3O3S/c1-2-28-19-9-10-20-16(14-19)13-17(21(27)24-20)15-25(11-6-12-26)22(29)23-18-7-4-3-5-8-18/h9-10,13-14,18,26H,2-8,11-12,15H2,1H3,(H,23,29)(H,24,27). The summed E-state index contributed by atoms with van der Waals surface area (Å²) >= 11 is 5.66. The number of rotatable bonds is 8. The van der Waals surface area contributed by atoms with E-state index in [9.17, 15) is 9.90 Å². The van der Waals surface area contributed by atoms with E-state index in [1.54, 1.807) is 0 Å². The second-order valence-electron chi connectivity index (χ2n) is 7.59. The van der Waals surface area contributed by atoms with Crippen molar-refractivity contribution in [3.63, 3.8) is 0 Å². The largest absolute Gasteiger partial charge is 0.494 e. The molecule has 1 aromatic heterocycles. The molecule has 1 aliphatic rings. The molecule has 1 aliphatic carbocycles. The van der Waals surface area contributed by atoms with Gasteiger partial charge < -0.3 is 25.0 Å². The molecule has 6 nitrogen and oxygen atoms in total. The number of thiocarbonyl (C=S) groups is 1. The van der Waals surface area contributed by atoms with Crippen molar-refractivity contribution in [2.45, 2.75) is 58.0 Å². The number of aromatic amines is 1. The molecule has 1 aromatic carbocycles. The van der Waals surface area contributed by atoms with Crippen LogP contribution in [0.1, 0.15) is 51.0 Å². The number of ether oxygens (including phenoxy) is 1. The van der Waals surface area contributed by atoms with Gasteiger partial charge in [0.2, 0.25) is 0 Å². The molecule has 2 aromatic rings. The van der Waals surface area contributed by atoms with Crippen LogP contribution in [0.4, 0.5) is 0 Å². The second kappa shape index (κ2) is 10.6. The molecule has 0 aliphatic heterocycles. The van der Waals surface area contributed by atoms with Gasteiger partial charge in [0.25, 0.3) is 5.56 Å². The zero-order valence-corrected chi connectivity index (χ0v) is 17.9. The number of aliphatic hydroxyl groups is 1. The van der Waals surface area contributed by atoms with Crippen molar-refractivity contribution in [1.82, 2.24) is 15.2 Å². The van der Waals surface area contributed by atoms with E-state index >= 15 is 0 Å². The number of H-pyrrole nitrogens is 1. The number of benzene rings is 1. The molecule has 1 fully saturated rings. The Morgan fingerprint density at radius 3 is 2.83 bits per heavy atom. The maximum Gasteiger partial charge on any atom is 0.253 e. The maximum absolute atomic E-state index is 12.6. The van der Waals surface area contributed by atoms with E-state index in [0.717, 1.165) is 29.5 Å². The zero-order chi connectivity index (χ0) is 20.6. The van der Waals surface area contributed by atoms with Gasteiger partial charge in [-0.25, -0.2) is 0 Å². The first kappa shape index (κ1) is 21.6. The van der Waals surface area contributed by atoms with Crippen LogP contribution >= 0.6 is 12.2 Å². The van der Waals surface area contributed by atoms with E-state index in [1.807, 2.05) is 36.1 Å². The molecule has 1 saturated carbocycles. The van der Waals surface area contributed by atoms with E-state index in [1.165, 1.54) is 19.3 Å². The fraction of sp³-hybridized carbons (Fsp3) is 0.545. The fourth-order valence-electron chi connectivity index (χ4n) is 3.84. The highest BCUT2D eigenvalue weighted by molar-refractivity contribution is 7.80. The zero-order valence-electron chi connectivity index (χ0n) is 17.1. The lowest BCUT2D eigenvalue weighted by Gasteiger charge is -2.30. The van der Waals surface area contributed by atoms with Crippen LogP contribution in [0, 0.1) is 0 Å². The van der Waals surface area contributed by atoms with E-state index in [2.05, 4.69) is 10.3 Å². The summed E-state index contributed by atoms with van der Waals surface area (Å²) in [5.41, 5.74) is 1.32. The molecule has 29 heavy (non-hydrogen) atoms. The Morgan fingerprint density at radius 1 is 1.31 bits per heavy atom. The summed E-state index contributed by atoms with van der Waals surface area (Å²) in [4.78, 5) is 17.6. The fourth-order valence-corrected chi connectivity index (χ4v) is 4.16. The van der Waals surface area contributed by atoms with Crippen LogP contribution in [0.5, 0.6) is 5.75 Å². The first-order valence-corrected chi connectivity index (χ1v) is 11.0. The molecule has 3 rings (SSSR count). The molecular weight excluding hydrogens is 386 g/mol. The molecule has 0 unspecified atom stereocenters. The van der Waals surface area contributed by atoms with Gasteiger partial charge in [0, 0.05) is 35.7 Å². The SMILES string of the molecule is CCOc1ccc2[nH]c(=O)c(CN(CCCO)C(=S)NC3CCCCC3)cc2c1. The summed E-state index contributed by atoms with van der Waals surface area (Å²) in [7, 11) is 0. The average molecular weight is 418 g/mol. The number of aliphatic hydroxyl groups excluding tert-OH is 1. The Balaban J connectivity index is 1.79. The minimum atomic E-state index is -0.115. The first-order valence-electron chi connectivity index (χ1n) is 10.6. The quantitative estimate of drug-likeness (QED) is 0.572. The van der Waals surface area contributed by atoms with Gasteiger partial charge in [0.1, 0.15) is 5.75 Å². The molecule has 3 N–H and O–H groups in total. The van der Waals surface area contributed by atoms with E-state index in [-0.39, 0.29) is 12.2 Å². The molecule has 0 saturated heterocycles. The molecule has 0 radical (unpaired) electrons. The summed E-state index contributed by atoms with van der Waals surface area (Å²) < 4.78 is 5.58. The van der Waals surface area contributed by atoms with Gasteiger partial charge in [-0.15, -0.1) is 0 Å². The highest BCUT2D eigenvalue weighted by atomic mass is 32.1. The Kier molecular flexibility index (Phi) is 7.89. The van der Waals surface area contributed by atoms with Gasteiger partial charge in [-0.2, -0.15) is 0 Å². The van der Waals surface area contributed by atoms with Crippen molar-refractivity contribution in [3.8, 4) is 5.75 Å². The van der Waals surface area contributed by atoms with Gasteiger partial charge in [-0.05, 0) is 62.7 Å². The van der Waals surface area contributed by atoms with Gasteiger partial charge in [0.05, 0.1) is 13.2 Å². The number of fused-ring (bicyclic) bond motifs is 1. The normalized spacial score (nSPS) is 14.7. The Labute approximate surface area is 177 Å². The Bertz CT molecular complexity index is 877. The van der Waals surface area contributed by atoms with Crippen LogP contribution in [0.25, 0.3) is 10.9 Å². The molecule has 0 bridgehead atoms. The smallest absolute Gasteiger partial charge is 0.253 e. The molecule has 0 atom stereocenters. The van der Waals surface area contributed by atoms with E-state index in [0.29, 0.717) is 42.8 Å². The maximum atomic E-state index is 12.6. The van der Waals surface area contributed by atoms with Crippen molar-refractivity contribution >= 4 is 28.2 Å². The van der Waals surface area contributed by atoms with Crippen molar-refractivity contribution in [2.75, 3.05) is 19.8 Å². The highest BCUT2D eigenvalue weighted by Gasteiger charge is 2.18. The Morgan fingerprint density at radius 2 is 2.10 bits per heavy atom. The predicted molar refractivity (Wildman–Crippen MR) is 120 cm³/mol. The molecule has 0 amide bonds. The van der Waals surface area contributed by atoms with Gasteiger partial charge >= 0.3 is 0 Å². The average Bonchev–Trinajstić information content (AvgIpc) is 2.72. The summed E-state index contributed by atoms with van der Waals surface area (Å²) in [5.74, 6) is 0.782. The number of hydrogen-bond acceptors (Lipinski definition) is 4. The topological polar surface area (TPSA) is 77.6 Å². The Hall–Kier alpha value is -2.12. The van der Waals surface area contributed by atoms with Crippen LogP contribution in [-0.2, 0) is 6.54 Å². The number of aromatic nitrogens is 1. The summed E-state index contributed by atoms with van der Waals surface area (Å²) in [6, 6.07) is 7.97. The highest BCUT2D eigenvalue weighted by Crippen LogP contribution is 2.20. The van der Waals surface area contributed by atoms with E-state index in [4.69, 9.17) is 17.0 Å². The van der Waals surface area contributed by atoms with Crippen LogP contribution in [0.3, 0.4) is 0 Å². The number of hydrogen-bond donors (Lipinski definition) is 3. The summed E-state index contributed by atoms with van der Waals surface area (Å²) in [6.07, 6.45) is 6.60. The summed E-state index contributed by atoms with van der Waals surface area (Å²) in [5, 5.41) is 14.4. The third-order valence-electron chi connectivity index (χ3n) is 5.37. The van der Waals surface area contributed by atoms with Gasteiger partial charge in [-0.3, -0.25) is 4.79 Å². The number of pyridine rings is 1. The van der Waals surface area contributed by atoms with Crippen molar-refractivity contribution in [3.05, 3.63) is 40.2 Å². The molecule has 1 heterocycles. The van der Waals surface area contributed by atoms with Crippen molar-refractivity contribution in [2.24, 2.45) is 0 Å². The van der Waals surface area contributed by atoms with Crippen LogP contribution in [0.2, 0.25) is 0 Å². The monoisotopic (exact) mass is 417 g/mol. The summed E-state index contributed by atoms with van der Waals surface area (Å²) in [6.45, 7) is 3.64. The number of nitrogens with one attached hydrogen (secondary N) is 2. The number of nitrogens with zero attached hydrogens (tertiary/aromatic N) is 1. The van der Waals surface area contributed by atoms with Gasteiger partial charge in [-0.1, -0.05) is 19.3 Å². The first-order chi connectivity index (χ1) is 14.1. The third-order valence-corrected chi connectivity index (χ3v) is 5.75. The predicted octanol–water partition coefficient (Wildman–Crippen LogP) is 3.32. The lowest BCUT2D eigenvalue weighted by atomic mass is 9.96. The van der Waals surface area contributed by atoms with Crippen LogP contribution < -0.4 is 15.6 Å². The minimum absolute atomic E-state index is 0.0916. The lowest BCUT2D eigenvalue weighted by molar-refractivity contribution is 0.262. The van der Waals surface area contributed by atoms with E-state index < -0.39 is 0 Å². The third kappa shape index (κ3) is 5.93. The second-order valence-corrected chi connectivity index (χ2v) is 7.98. The van der Waals surface area contributed by atoms with Crippen molar-refractivity contribution < 1.29 is 9.84 Å². The van der Waals surface area contributed by atoms with Gasteiger partial charge in [0.15, 0.2) is 5.11 Å².